The van der Waals surface area contributed by atoms with E-state index < -0.39 is 17.2 Å². The zero-order chi connectivity index (χ0) is 31.8. The number of carbonyl (C=O) groups excluding carboxylic acids is 1. The van der Waals surface area contributed by atoms with Gasteiger partial charge >= 0.3 is 0 Å². The number of fused-ring (bicyclic) bond motifs is 5. The van der Waals surface area contributed by atoms with Gasteiger partial charge in [-0.05, 0) is 30.5 Å². The molecular formula is C36H39FN4O5. The molecule has 9 nitrogen and oxygen atoms in total. The lowest BCUT2D eigenvalue weighted by Crippen LogP contribution is -2.42. The summed E-state index contributed by atoms with van der Waals surface area (Å²) < 4.78 is 35.8. The van der Waals surface area contributed by atoms with Gasteiger partial charge in [0, 0.05) is 55.8 Å². The number of furan rings is 1. The Balaban J connectivity index is 1.31. The lowest BCUT2D eigenvalue weighted by atomic mass is 10.0. The molecule has 0 bridgehead atoms. The fourth-order valence-electron chi connectivity index (χ4n) is 6.55. The first-order chi connectivity index (χ1) is 22.4. The number of para-hydroxylation sites is 1. The molecule has 240 valence electrons. The van der Waals surface area contributed by atoms with E-state index in [9.17, 15) is 9.59 Å². The van der Waals surface area contributed by atoms with E-state index in [1.54, 1.807) is 10.8 Å². The second-order valence-corrected chi connectivity index (χ2v) is 12.4. The molecule has 2 N–H and O–H groups in total. The molecule has 1 amide bonds. The Morgan fingerprint density at radius 2 is 1.85 bits per heavy atom. The SMILES string of the molecule is CCCCC(C)CCNc1c(F)cc2c(=O)c(C(=O)NCCN3CCOCC3)cn3c2c1Oc1cc2c(cc1-3)oc1ccccc12. The maximum atomic E-state index is 15.9. The maximum Gasteiger partial charge on any atom is 0.256 e. The summed E-state index contributed by atoms with van der Waals surface area (Å²) in [5.41, 5.74) is 1.95. The van der Waals surface area contributed by atoms with E-state index in [1.807, 2.05) is 36.4 Å². The molecule has 0 aliphatic carbocycles. The number of aromatic nitrogens is 1. The van der Waals surface area contributed by atoms with Crippen molar-refractivity contribution in [1.29, 1.82) is 0 Å². The van der Waals surface area contributed by atoms with Crippen molar-refractivity contribution in [3.63, 3.8) is 0 Å². The Labute approximate surface area is 266 Å². The number of amides is 1. The normalized spacial score (nSPS) is 15.2. The number of morpholine rings is 1. The molecule has 4 heterocycles. The van der Waals surface area contributed by atoms with Crippen LogP contribution in [0.3, 0.4) is 0 Å². The van der Waals surface area contributed by atoms with Crippen molar-refractivity contribution in [1.82, 2.24) is 14.8 Å². The molecule has 5 aromatic rings. The van der Waals surface area contributed by atoms with Gasteiger partial charge in [-0.25, -0.2) is 4.39 Å². The molecule has 2 aromatic heterocycles. The van der Waals surface area contributed by atoms with Crippen molar-refractivity contribution < 1.29 is 23.1 Å². The minimum Gasteiger partial charge on any atom is -0.456 e. The van der Waals surface area contributed by atoms with Gasteiger partial charge in [0.1, 0.15) is 27.9 Å². The number of nitrogens with zero attached hydrogens (tertiary/aromatic N) is 2. The number of nitrogens with one attached hydrogen (secondary N) is 2. The Hall–Kier alpha value is -4.41. The van der Waals surface area contributed by atoms with Crippen LogP contribution in [-0.4, -0.2) is 61.3 Å². The van der Waals surface area contributed by atoms with Crippen LogP contribution >= 0.6 is 0 Å². The first kappa shape index (κ1) is 30.3. The van der Waals surface area contributed by atoms with Gasteiger partial charge in [0.2, 0.25) is 5.43 Å². The molecule has 46 heavy (non-hydrogen) atoms. The van der Waals surface area contributed by atoms with Crippen molar-refractivity contribution in [2.75, 3.05) is 51.3 Å². The zero-order valence-electron chi connectivity index (χ0n) is 26.3. The quantitative estimate of drug-likeness (QED) is 0.163. The standard InChI is InChI=1S/C36H39FN4O5/c1-3-4-7-22(2)10-11-38-32-27(37)18-25-33-35(32)46-31-19-24-23-8-5-6-9-29(23)45-30(24)20-28(31)41(33)21-26(34(25)42)36(43)39-12-13-40-14-16-44-17-15-40/h5-6,8-9,18-22,38H,3-4,7,10-17H2,1-2H3,(H,39,43). The fourth-order valence-corrected chi connectivity index (χ4v) is 6.55. The molecular weight excluding hydrogens is 587 g/mol. The summed E-state index contributed by atoms with van der Waals surface area (Å²) in [5.74, 6) is 0.0778. The first-order valence-electron chi connectivity index (χ1n) is 16.3. The average Bonchev–Trinajstić information content (AvgIpc) is 3.43. The van der Waals surface area contributed by atoms with Crippen LogP contribution in [0.15, 0.2) is 57.9 Å². The van der Waals surface area contributed by atoms with Gasteiger partial charge < -0.3 is 29.1 Å². The van der Waals surface area contributed by atoms with Gasteiger partial charge in [0.15, 0.2) is 17.3 Å². The third kappa shape index (κ3) is 5.60. The van der Waals surface area contributed by atoms with Crippen molar-refractivity contribution in [2.24, 2.45) is 5.92 Å². The summed E-state index contributed by atoms with van der Waals surface area (Å²) in [6, 6.07) is 12.7. The summed E-state index contributed by atoms with van der Waals surface area (Å²) in [4.78, 5) is 29.5. The highest BCUT2D eigenvalue weighted by molar-refractivity contribution is 6.07. The third-order valence-corrected chi connectivity index (χ3v) is 9.18. The molecule has 10 heteroatoms. The fraction of sp³-hybridized carbons (Fsp3) is 0.389. The van der Waals surface area contributed by atoms with Crippen LogP contribution in [0.2, 0.25) is 0 Å². The minimum absolute atomic E-state index is 0.0668. The lowest BCUT2D eigenvalue weighted by molar-refractivity contribution is 0.0383. The maximum absolute atomic E-state index is 15.9. The molecule has 1 fully saturated rings. The van der Waals surface area contributed by atoms with Gasteiger partial charge in [0.05, 0.1) is 24.3 Å². The number of hydrogen-bond acceptors (Lipinski definition) is 7. The van der Waals surface area contributed by atoms with Gasteiger partial charge in [-0.3, -0.25) is 14.5 Å². The Morgan fingerprint density at radius 3 is 2.67 bits per heavy atom. The van der Waals surface area contributed by atoms with E-state index >= 15 is 4.39 Å². The predicted octanol–water partition coefficient (Wildman–Crippen LogP) is 6.83. The highest BCUT2D eigenvalue weighted by atomic mass is 19.1. The number of halogens is 1. The molecule has 0 saturated carbocycles. The molecule has 0 spiro atoms. The molecule has 2 aliphatic heterocycles. The van der Waals surface area contributed by atoms with E-state index in [1.165, 1.54) is 6.07 Å². The molecule has 0 radical (unpaired) electrons. The molecule has 3 aromatic carbocycles. The summed E-state index contributed by atoms with van der Waals surface area (Å²) in [6.45, 7) is 8.85. The Kier molecular flexibility index (Phi) is 8.40. The van der Waals surface area contributed by atoms with Crippen molar-refractivity contribution in [3.8, 4) is 17.2 Å². The molecule has 1 atom stereocenters. The number of hydrogen-bond donors (Lipinski definition) is 2. The third-order valence-electron chi connectivity index (χ3n) is 9.18. The summed E-state index contributed by atoms with van der Waals surface area (Å²) in [6.07, 6.45) is 5.82. The van der Waals surface area contributed by atoms with E-state index in [0.717, 1.165) is 55.1 Å². The van der Waals surface area contributed by atoms with Crippen LogP contribution in [0.4, 0.5) is 10.1 Å². The molecule has 1 unspecified atom stereocenters. The monoisotopic (exact) mass is 626 g/mol. The minimum atomic E-state index is -0.601. The zero-order valence-corrected chi connectivity index (χ0v) is 26.3. The highest BCUT2D eigenvalue weighted by Gasteiger charge is 2.29. The van der Waals surface area contributed by atoms with Crippen molar-refractivity contribution in [2.45, 2.75) is 39.5 Å². The lowest BCUT2D eigenvalue weighted by Gasteiger charge is -2.27. The Bertz CT molecular complexity index is 1990. The predicted molar refractivity (Wildman–Crippen MR) is 178 cm³/mol. The van der Waals surface area contributed by atoms with Gasteiger partial charge in [0.25, 0.3) is 5.91 Å². The van der Waals surface area contributed by atoms with Crippen LogP contribution in [0.1, 0.15) is 49.9 Å². The molecule has 7 rings (SSSR count). The van der Waals surface area contributed by atoms with E-state index in [2.05, 4.69) is 29.4 Å². The van der Waals surface area contributed by atoms with Crippen LogP contribution in [0.25, 0.3) is 38.5 Å². The first-order valence-corrected chi connectivity index (χ1v) is 16.3. The highest BCUT2D eigenvalue weighted by Crippen LogP contribution is 2.47. The summed E-state index contributed by atoms with van der Waals surface area (Å²) in [5, 5.41) is 8.03. The average molecular weight is 627 g/mol. The number of benzene rings is 3. The van der Waals surface area contributed by atoms with E-state index in [0.29, 0.717) is 61.3 Å². The van der Waals surface area contributed by atoms with Crippen molar-refractivity contribution >= 4 is 44.4 Å². The van der Waals surface area contributed by atoms with Crippen LogP contribution < -0.4 is 20.8 Å². The second kappa shape index (κ2) is 12.8. The number of pyridine rings is 1. The van der Waals surface area contributed by atoms with Gasteiger partial charge in [-0.1, -0.05) is 51.3 Å². The number of ether oxygens (including phenoxy) is 2. The topological polar surface area (TPSA) is 98.0 Å². The van der Waals surface area contributed by atoms with Crippen LogP contribution in [0.5, 0.6) is 11.5 Å². The summed E-state index contributed by atoms with van der Waals surface area (Å²) >= 11 is 0. The number of carbonyl (C=O) groups is 1. The number of anilines is 1. The Morgan fingerprint density at radius 1 is 1.02 bits per heavy atom. The smallest absolute Gasteiger partial charge is 0.256 e. The van der Waals surface area contributed by atoms with Crippen LogP contribution in [-0.2, 0) is 4.74 Å². The number of unbranched alkanes of at least 4 members (excludes halogenated alkanes) is 1. The van der Waals surface area contributed by atoms with Crippen LogP contribution in [0, 0.1) is 11.7 Å². The van der Waals surface area contributed by atoms with E-state index in [-0.39, 0.29) is 22.4 Å². The van der Waals surface area contributed by atoms with E-state index in [4.69, 9.17) is 13.9 Å². The molecule has 1 saturated heterocycles. The molecule has 2 aliphatic rings. The van der Waals surface area contributed by atoms with Gasteiger partial charge in [-0.2, -0.15) is 0 Å². The summed E-state index contributed by atoms with van der Waals surface area (Å²) in [7, 11) is 0. The van der Waals surface area contributed by atoms with Crippen molar-refractivity contribution in [3.05, 3.63) is 70.3 Å². The van der Waals surface area contributed by atoms with Gasteiger partial charge in [-0.15, -0.1) is 0 Å². The largest absolute Gasteiger partial charge is 0.456 e. The second-order valence-electron chi connectivity index (χ2n) is 12.4. The number of rotatable bonds is 11.